The SMILES string of the molecule is CC(C)CC(NC(=O)c1ccc(NC(=O)NCCc2cnc[nH]2)cc1)C(=O)NCC#N. The minimum absolute atomic E-state index is 0.117. The largest absolute Gasteiger partial charge is 0.348 e. The van der Waals surface area contributed by atoms with Crippen molar-refractivity contribution in [3.8, 4) is 6.07 Å². The van der Waals surface area contributed by atoms with Gasteiger partial charge in [0.1, 0.15) is 12.6 Å². The Kier molecular flexibility index (Phi) is 9.04. The lowest BCUT2D eigenvalue weighted by molar-refractivity contribution is -0.123. The molecule has 164 valence electrons. The number of nitrogens with one attached hydrogen (secondary N) is 5. The number of hydrogen-bond acceptors (Lipinski definition) is 5. The van der Waals surface area contributed by atoms with Crippen LogP contribution in [0.5, 0.6) is 0 Å². The Labute approximate surface area is 180 Å². The molecule has 1 heterocycles. The summed E-state index contributed by atoms with van der Waals surface area (Å²) in [5.74, 6) is -0.626. The van der Waals surface area contributed by atoms with E-state index in [-0.39, 0.29) is 18.5 Å². The summed E-state index contributed by atoms with van der Waals surface area (Å²) in [6.07, 6.45) is 4.35. The summed E-state index contributed by atoms with van der Waals surface area (Å²) >= 11 is 0. The summed E-state index contributed by atoms with van der Waals surface area (Å²) in [5.41, 5.74) is 1.81. The van der Waals surface area contributed by atoms with Gasteiger partial charge in [-0.3, -0.25) is 9.59 Å². The summed E-state index contributed by atoms with van der Waals surface area (Å²) < 4.78 is 0. The Balaban J connectivity index is 1.87. The molecule has 1 aromatic carbocycles. The van der Waals surface area contributed by atoms with Crippen LogP contribution in [0.4, 0.5) is 10.5 Å². The molecule has 0 fully saturated rings. The van der Waals surface area contributed by atoms with Gasteiger partial charge in [0.25, 0.3) is 5.91 Å². The van der Waals surface area contributed by atoms with Crippen molar-refractivity contribution in [1.82, 2.24) is 25.9 Å². The highest BCUT2D eigenvalue weighted by molar-refractivity contribution is 5.98. The number of nitrogens with zero attached hydrogens (tertiary/aromatic N) is 2. The molecule has 31 heavy (non-hydrogen) atoms. The molecule has 2 aromatic rings. The fourth-order valence-electron chi connectivity index (χ4n) is 2.81. The molecule has 0 saturated carbocycles. The van der Waals surface area contributed by atoms with Crippen molar-refractivity contribution in [1.29, 1.82) is 5.26 Å². The smallest absolute Gasteiger partial charge is 0.319 e. The predicted molar refractivity (Wildman–Crippen MR) is 115 cm³/mol. The number of amides is 4. The Hall–Kier alpha value is -3.87. The summed E-state index contributed by atoms with van der Waals surface area (Å²) in [6, 6.07) is 7.09. The number of carbonyl (C=O) groups excluding carboxylic acids is 3. The van der Waals surface area contributed by atoms with Crippen LogP contribution in [0.15, 0.2) is 36.8 Å². The number of carbonyl (C=O) groups is 3. The van der Waals surface area contributed by atoms with Gasteiger partial charge in [-0.15, -0.1) is 0 Å². The number of H-pyrrole nitrogens is 1. The molecule has 0 spiro atoms. The molecule has 1 atom stereocenters. The van der Waals surface area contributed by atoms with Crippen molar-refractivity contribution in [2.45, 2.75) is 32.7 Å². The Bertz CT molecular complexity index is 902. The number of urea groups is 1. The first-order valence-electron chi connectivity index (χ1n) is 9.96. The standard InChI is InChI=1S/C21H27N7O3/c1-14(2)11-18(20(30)24-10-8-22)28-19(29)15-3-5-16(6-4-15)27-21(31)25-9-7-17-12-23-13-26-17/h3-6,12-14,18H,7,9-11H2,1-2H3,(H,23,26)(H,24,30)(H,28,29)(H2,25,27,31). The highest BCUT2D eigenvalue weighted by atomic mass is 16.2. The lowest BCUT2D eigenvalue weighted by Gasteiger charge is -2.19. The van der Waals surface area contributed by atoms with Crippen molar-refractivity contribution in [2.75, 3.05) is 18.4 Å². The molecular formula is C21H27N7O3. The van der Waals surface area contributed by atoms with Gasteiger partial charge in [0.2, 0.25) is 5.91 Å². The molecule has 10 nitrogen and oxygen atoms in total. The molecule has 0 aliphatic heterocycles. The van der Waals surface area contributed by atoms with Crippen molar-refractivity contribution < 1.29 is 14.4 Å². The number of aromatic nitrogens is 2. The molecule has 5 N–H and O–H groups in total. The molecule has 0 bridgehead atoms. The fraction of sp³-hybridized carbons (Fsp3) is 0.381. The van der Waals surface area contributed by atoms with E-state index >= 15 is 0 Å². The van der Waals surface area contributed by atoms with Crippen molar-refractivity contribution in [3.05, 3.63) is 48.0 Å². The number of rotatable bonds is 10. The third kappa shape index (κ3) is 8.18. The molecular weight excluding hydrogens is 398 g/mol. The van der Waals surface area contributed by atoms with E-state index in [0.29, 0.717) is 30.6 Å². The van der Waals surface area contributed by atoms with E-state index in [1.165, 1.54) is 0 Å². The highest BCUT2D eigenvalue weighted by Crippen LogP contribution is 2.11. The van der Waals surface area contributed by atoms with E-state index in [4.69, 9.17) is 5.26 Å². The van der Waals surface area contributed by atoms with Gasteiger partial charge in [-0.05, 0) is 36.6 Å². The maximum absolute atomic E-state index is 12.5. The monoisotopic (exact) mass is 425 g/mol. The molecule has 2 rings (SSSR count). The van der Waals surface area contributed by atoms with Gasteiger partial charge in [-0.2, -0.15) is 5.26 Å². The van der Waals surface area contributed by atoms with Crippen molar-refractivity contribution in [3.63, 3.8) is 0 Å². The summed E-state index contributed by atoms with van der Waals surface area (Å²) in [5, 5.41) is 19.2. The molecule has 10 heteroatoms. The van der Waals surface area contributed by atoms with Crippen LogP contribution in [0.25, 0.3) is 0 Å². The Morgan fingerprint density at radius 2 is 1.90 bits per heavy atom. The van der Waals surface area contributed by atoms with E-state index in [0.717, 1.165) is 5.69 Å². The minimum Gasteiger partial charge on any atom is -0.348 e. The molecule has 1 aromatic heterocycles. The number of imidazole rings is 1. The van der Waals surface area contributed by atoms with Crippen LogP contribution in [-0.2, 0) is 11.2 Å². The zero-order valence-electron chi connectivity index (χ0n) is 17.6. The molecule has 0 aliphatic rings. The van der Waals surface area contributed by atoms with E-state index in [2.05, 4.69) is 31.2 Å². The second-order valence-electron chi connectivity index (χ2n) is 7.32. The van der Waals surface area contributed by atoms with Gasteiger partial charge in [-0.1, -0.05) is 13.8 Å². The molecule has 4 amide bonds. The maximum Gasteiger partial charge on any atom is 0.319 e. The number of benzene rings is 1. The molecule has 0 saturated heterocycles. The van der Waals surface area contributed by atoms with Crippen LogP contribution < -0.4 is 21.3 Å². The lowest BCUT2D eigenvalue weighted by Crippen LogP contribution is -2.47. The van der Waals surface area contributed by atoms with Gasteiger partial charge in [0.05, 0.1) is 12.4 Å². The zero-order chi connectivity index (χ0) is 22.6. The molecule has 1 unspecified atom stereocenters. The number of anilines is 1. The van der Waals surface area contributed by atoms with Crippen molar-refractivity contribution >= 4 is 23.5 Å². The second-order valence-corrected chi connectivity index (χ2v) is 7.32. The second kappa shape index (κ2) is 12.0. The average Bonchev–Trinajstić information content (AvgIpc) is 3.25. The number of hydrogen-bond donors (Lipinski definition) is 5. The van der Waals surface area contributed by atoms with Gasteiger partial charge < -0.3 is 26.3 Å². The van der Waals surface area contributed by atoms with Gasteiger partial charge in [-0.25, -0.2) is 9.78 Å². The summed E-state index contributed by atoms with van der Waals surface area (Å²) in [4.78, 5) is 43.6. The molecule has 0 aliphatic carbocycles. The van der Waals surface area contributed by atoms with Crippen LogP contribution in [0.1, 0.15) is 36.3 Å². The van der Waals surface area contributed by atoms with Crippen LogP contribution in [0, 0.1) is 17.2 Å². The van der Waals surface area contributed by atoms with Crippen LogP contribution in [0.2, 0.25) is 0 Å². The molecule has 0 radical (unpaired) electrons. The quantitative estimate of drug-likeness (QED) is 0.366. The fourth-order valence-corrected chi connectivity index (χ4v) is 2.81. The first kappa shape index (κ1) is 23.4. The zero-order valence-corrected chi connectivity index (χ0v) is 17.6. The van der Waals surface area contributed by atoms with Gasteiger partial charge >= 0.3 is 6.03 Å². The summed E-state index contributed by atoms with van der Waals surface area (Å²) in [6.45, 7) is 4.21. The normalized spacial score (nSPS) is 11.3. The Morgan fingerprint density at radius 1 is 1.16 bits per heavy atom. The van der Waals surface area contributed by atoms with Gasteiger partial charge in [0.15, 0.2) is 0 Å². The third-order valence-corrected chi connectivity index (χ3v) is 4.31. The first-order chi connectivity index (χ1) is 14.9. The van der Waals surface area contributed by atoms with Gasteiger partial charge in [0, 0.05) is 36.1 Å². The lowest BCUT2D eigenvalue weighted by atomic mass is 10.0. The van der Waals surface area contributed by atoms with E-state index in [1.807, 2.05) is 19.9 Å². The van der Waals surface area contributed by atoms with Crippen molar-refractivity contribution in [2.24, 2.45) is 5.92 Å². The number of nitriles is 1. The summed E-state index contributed by atoms with van der Waals surface area (Å²) in [7, 11) is 0. The van der Waals surface area contributed by atoms with Crippen LogP contribution in [0.3, 0.4) is 0 Å². The maximum atomic E-state index is 12.5. The topological polar surface area (TPSA) is 152 Å². The number of aromatic amines is 1. The van der Waals surface area contributed by atoms with Crippen LogP contribution in [-0.4, -0.2) is 46.9 Å². The predicted octanol–water partition coefficient (Wildman–Crippen LogP) is 1.56. The third-order valence-electron chi connectivity index (χ3n) is 4.31. The minimum atomic E-state index is -0.737. The first-order valence-corrected chi connectivity index (χ1v) is 9.96. The Morgan fingerprint density at radius 3 is 2.52 bits per heavy atom. The average molecular weight is 425 g/mol. The van der Waals surface area contributed by atoms with E-state index in [9.17, 15) is 14.4 Å². The van der Waals surface area contributed by atoms with E-state index in [1.54, 1.807) is 36.8 Å². The highest BCUT2D eigenvalue weighted by Gasteiger charge is 2.22. The van der Waals surface area contributed by atoms with E-state index < -0.39 is 17.9 Å². The van der Waals surface area contributed by atoms with Crippen LogP contribution >= 0.6 is 0 Å².